The summed E-state index contributed by atoms with van der Waals surface area (Å²) in [6.07, 6.45) is -0.400. The SMILES string of the molecule is CCOC(CN(C)C(=O)C(N)Cc1ccc(F)c(F)c1)OCC. The van der Waals surface area contributed by atoms with Crippen LogP contribution in [0.4, 0.5) is 8.78 Å². The summed E-state index contributed by atoms with van der Waals surface area (Å²) in [4.78, 5) is 13.7. The fourth-order valence-corrected chi connectivity index (χ4v) is 2.13. The third-order valence-corrected chi connectivity index (χ3v) is 3.26. The van der Waals surface area contributed by atoms with Crippen LogP contribution in [0.5, 0.6) is 0 Å². The molecule has 0 fully saturated rings. The highest BCUT2D eigenvalue weighted by atomic mass is 19.2. The molecule has 0 aliphatic carbocycles. The van der Waals surface area contributed by atoms with Crippen LogP contribution in [0.1, 0.15) is 19.4 Å². The Hall–Kier alpha value is -1.57. The zero-order valence-electron chi connectivity index (χ0n) is 13.7. The molecule has 5 nitrogen and oxygen atoms in total. The summed E-state index contributed by atoms with van der Waals surface area (Å²) in [5, 5.41) is 0. The van der Waals surface area contributed by atoms with Crippen molar-refractivity contribution >= 4 is 5.91 Å². The zero-order chi connectivity index (χ0) is 17.4. The van der Waals surface area contributed by atoms with Gasteiger partial charge in [-0.25, -0.2) is 8.78 Å². The molecular formula is C16H24F2N2O3. The molecule has 2 N–H and O–H groups in total. The first kappa shape index (κ1) is 19.5. The first-order valence-electron chi connectivity index (χ1n) is 7.56. The number of nitrogens with two attached hydrogens (primary N) is 1. The minimum absolute atomic E-state index is 0.119. The molecule has 1 aromatic rings. The van der Waals surface area contributed by atoms with Crippen molar-refractivity contribution in [2.75, 3.05) is 26.8 Å². The molecular weight excluding hydrogens is 306 g/mol. The number of ether oxygens (including phenoxy) is 2. The van der Waals surface area contributed by atoms with Gasteiger partial charge in [-0.3, -0.25) is 4.79 Å². The molecule has 0 saturated heterocycles. The average molecular weight is 330 g/mol. The fourth-order valence-electron chi connectivity index (χ4n) is 2.13. The molecule has 1 rings (SSSR count). The van der Waals surface area contributed by atoms with Crippen molar-refractivity contribution in [3.63, 3.8) is 0 Å². The Morgan fingerprint density at radius 2 is 1.83 bits per heavy atom. The van der Waals surface area contributed by atoms with Gasteiger partial charge < -0.3 is 20.1 Å². The standard InChI is InChI=1S/C16H24F2N2O3/c1-4-22-15(23-5-2)10-20(3)16(21)14(19)9-11-6-7-12(17)13(18)8-11/h6-8,14-15H,4-5,9-10,19H2,1-3H3. The maximum atomic E-state index is 13.2. The van der Waals surface area contributed by atoms with Gasteiger partial charge in [0, 0.05) is 20.3 Å². The van der Waals surface area contributed by atoms with Crippen molar-refractivity contribution in [1.82, 2.24) is 4.90 Å². The van der Waals surface area contributed by atoms with Gasteiger partial charge in [0.15, 0.2) is 17.9 Å². The second-order valence-electron chi connectivity index (χ2n) is 5.12. The lowest BCUT2D eigenvalue weighted by molar-refractivity contribution is -0.157. The quantitative estimate of drug-likeness (QED) is 0.700. The van der Waals surface area contributed by atoms with Gasteiger partial charge in [-0.2, -0.15) is 0 Å². The number of carbonyl (C=O) groups is 1. The van der Waals surface area contributed by atoms with Gasteiger partial charge >= 0.3 is 0 Å². The Bertz CT molecular complexity index is 508. The number of halogens is 2. The molecule has 0 saturated carbocycles. The van der Waals surface area contributed by atoms with E-state index in [1.165, 1.54) is 11.0 Å². The normalized spacial score (nSPS) is 12.5. The number of carbonyl (C=O) groups excluding carboxylic acids is 1. The van der Waals surface area contributed by atoms with Crippen LogP contribution in [0.25, 0.3) is 0 Å². The highest BCUT2D eigenvalue weighted by molar-refractivity contribution is 5.81. The van der Waals surface area contributed by atoms with Gasteiger partial charge in [0.2, 0.25) is 5.91 Å². The molecule has 1 atom stereocenters. The zero-order valence-corrected chi connectivity index (χ0v) is 13.7. The molecule has 23 heavy (non-hydrogen) atoms. The number of benzene rings is 1. The maximum absolute atomic E-state index is 13.2. The Morgan fingerprint density at radius 1 is 1.22 bits per heavy atom. The van der Waals surface area contributed by atoms with Gasteiger partial charge in [0.1, 0.15) is 0 Å². The molecule has 0 bridgehead atoms. The molecule has 0 aliphatic rings. The molecule has 130 valence electrons. The second kappa shape index (κ2) is 9.54. The minimum Gasteiger partial charge on any atom is -0.351 e. The first-order valence-corrected chi connectivity index (χ1v) is 7.56. The van der Waals surface area contributed by atoms with E-state index in [1.807, 2.05) is 13.8 Å². The Balaban J connectivity index is 2.61. The third-order valence-electron chi connectivity index (χ3n) is 3.26. The summed E-state index contributed by atoms with van der Waals surface area (Å²) in [5.41, 5.74) is 6.34. The van der Waals surface area contributed by atoms with Crippen LogP contribution in [0.3, 0.4) is 0 Å². The molecule has 0 radical (unpaired) electrons. The van der Waals surface area contributed by atoms with E-state index in [1.54, 1.807) is 7.05 Å². The number of hydrogen-bond acceptors (Lipinski definition) is 4. The topological polar surface area (TPSA) is 64.8 Å². The minimum atomic E-state index is -0.955. The Labute approximate surface area is 135 Å². The number of rotatable bonds is 9. The van der Waals surface area contributed by atoms with Crippen LogP contribution in [-0.2, 0) is 20.7 Å². The highest BCUT2D eigenvalue weighted by Crippen LogP contribution is 2.11. The largest absolute Gasteiger partial charge is 0.351 e. The molecule has 1 amide bonds. The number of nitrogens with zero attached hydrogens (tertiary/aromatic N) is 1. The lowest BCUT2D eigenvalue weighted by atomic mass is 10.1. The van der Waals surface area contributed by atoms with Gasteiger partial charge in [-0.15, -0.1) is 0 Å². The highest BCUT2D eigenvalue weighted by Gasteiger charge is 2.22. The Morgan fingerprint density at radius 3 is 2.35 bits per heavy atom. The van der Waals surface area contributed by atoms with Crippen LogP contribution >= 0.6 is 0 Å². The third kappa shape index (κ3) is 6.21. The maximum Gasteiger partial charge on any atom is 0.239 e. The van der Waals surface area contributed by atoms with Crippen LogP contribution in [0, 0.1) is 11.6 Å². The molecule has 7 heteroatoms. The van der Waals surface area contributed by atoms with Crippen molar-refractivity contribution in [3.05, 3.63) is 35.4 Å². The van der Waals surface area contributed by atoms with Crippen molar-refractivity contribution < 1.29 is 23.0 Å². The summed E-state index contributed by atoms with van der Waals surface area (Å²) < 4.78 is 36.9. The first-order chi connectivity index (χ1) is 10.9. The van der Waals surface area contributed by atoms with Crippen molar-refractivity contribution in [3.8, 4) is 0 Å². The number of likely N-dealkylation sites (N-methyl/N-ethyl adjacent to an activating group) is 1. The van der Waals surface area contributed by atoms with Gasteiger partial charge in [-0.1, -0.05) is 6.07 Å². The lowest BCUT2D eigenvalue weighted by Crippen LogP contribution is -2.46. The van der Waals surface area contributed by atoms with Crippen LogP contribution in [0.2, 0.25) is 0 Å². The molecule has 0 aromatic heterocycles. The van der Waals surface area contributed by atoms with E-state index in [2.05, 4.69) is 0 Å². The summed E-state index contributed by atoms with van der Waals surface area (Å²) in [6, 6.07) is 2.63. The summed E-state index contributed by atoms with van der Waals surface area (Å²) in [5.74, 6) is -2.20. The average Bonchev–Trinajstić information content (AvgIpc) is 2.50. The fraction of sp³-hybridized carbons (Fsp3) is 0.562. The Kier molecular flexibility index (Phi) is 8.08. The van der Waals surface area contributed by atoms with Crippen LogP contribution in [0.15, 0.2) is 18.2 Å². The van der Waals surface area contributed by atoms with E-state index in [0.29, 0.717) is 18.8 Å². The van der Waals surface area contributed by atoms with E-state index in [0.717, 1.165) is 12.1 Å². The van der Waals surface area contributed by atoms with Crippen molar-refractivity contribution in [2.45, 2.75) is 32.6 Å². The van der Waals surface area contributed by atoms with E-state index in [9.17, 15) is 13.6 Å². The van der Waals surface area contributed by atoms with Gasteiger partial charge in [0.05, 0.1) is 12.6 Å². The van der Waals surface area contributed by atoms with E-state index in [4.69, 9.17) is 15.2 Å². The summed E-state index contributed by atoms with van der Waals surface area (Å²) >= 11 is 0. The van der Waals surface area contributed by atoms with E-state index < -0.39 is 24.0 Å². The number of amides is 1. The summed E-state index contributed by atoms with van der Waals surface area (Å²) in [6.45, 7) is 4.85. The number of hydrogen-bond donors (Lipinski definition) is 1. The van der Waals surface area contributed by atoms with Gasteiger partial charge in [-0.05, 0) is 38.0 Å². The second-order valence-corrected chi connectivity index (χ2v) is 5.12. The molecule has 0 spiro atoms. The smallest absolute Gasteiger partial charge is 0.239 e. The lowest BCUT2D eigenvalue weighted by Gasteiger charge is -2.26. The van der Waals surface area contributed by atoms with Crippen molar-refractivity contribution in [1.29, 1.82) is 0 Å². The molecule has 1 aromatic carbocycles. The molecule has 1 unspecified atom stereocenters. The molecule has 0 aliphatic heterocycles. The van der Waals surface area contributed by atoms with Crippen LogP contribution < -0.4 is 5.73 Å². The van der Waals surface area contributed by atoms with E-state index in [-0.39, 0.29) is 18.9 Å². The predicted molar refractivity (Wildman–Crippen MR) is 82.7 cm³/mol. The monoisotopic (exact) mass is 330 g/mol. The van der Waals surface area contributed by atoms with Gasteiger partial charge in [0.25, 0.3) is 0 Å². The molecule has 0 heterocycles. The van der Waals surface area contributed by atoms with Crippen LogP contribution in [-0.4, -0.2) is 49.9 Å². The summed E-state index contributed by atoms with van der Waals surface area (Å²) in [7, 11) is 1.60. The van der Waals surface area contributed by atoms with Crippen molar-refractivity contribution in [2.24, 2.45) is 5.73 Å². The van der Waals surface area contributed by atoms with E-state index >= 15 is 0 Å². The predicted octanol–water partition coefficient (Wildman–Crippen LogP) is 1.69.